The van der Waals surface area contributed by atoms with E-state index >= 15 is 0 Å². The van der Waals surface area contributed by atoms with E-state index in [1.54, 1.807) is 13.2 Å². The van der Waals surface area contributed by atoms with Crippen LogP contribution in [0.3, 0.4) is 0 Å². The maximum absolute atomic E-state index is 12.8. The van der Waals surface area contributed by atoms with Crippen LogP contribution in [-0.2, 0) is 27.0 Å². The first-order valence-electron chi connectivity index (χ1n) is 8.52. The van der Waals surface area contributed by atoms with Gasteiger partial charge in [-0.1, -0.05) is 12.1 Å². The maximum Gasteiger partial charge on any atom is 0.416 e. The molecule has 0 spiro atoms. The van der Waals surface area contributed by atoms with E-state index in [0.717, 1.165) is 25.0 Å². The molecule has 0 bridgehead atoms. The van der Waals surface area contributed by atoms with Crippen molar-refractivity contribution in [2.75, 3.05) is 26.8 Å². The second-order valence-electron chi connectivity index (χ2n) is 6.36. The van der Waals surface area contributed by atoms with E-state index in [4.69, 9.17) is 4.74 Å². The molecule has 8 heteroatoms. The number of rotatable bonds is 8. The second-order valence-corrected chi connectivity index (χ2v) is 6.36. The fourth-order valence-corrected chi connectivity index (χ4v) is 2.89. The van der Waals surface area contributed by atoms with E-state index < -0.39 is 17.7 Å². The summed E-state index contributed by atoms with van der Waals surface area (Å²) in [6.07, 6.45) is -2.71. The largest absolute Gasteiger partial charge is 0.416 e. The van der Waals surface area contributed by atoms with Crippen LogP contribution in [0.25, 0.3) is 0 Å². The lowest BCUT2D eigenvalue weighted by atomic mass is 10.1. The Morgan fingerprint density at radius 3 is 2.81 bits per heavy atom. The highest BCUT2D eigenvalue weighted by Gasteiger charge is 2.35. The van der Waals surface area contributed by atoms with E-state index in [2.05, 4.69) is 5.32 Å². The van der Waals surface area contributed by atoms with Gasteiger partial charge in [-0.3, -0.25) is 9.59 Å². The van der Waals surface area contributed by atoms with Crippen LogP contribution in [0.4, 0.5) is 13.2 Å². The van der Waals surface area contributed by atoms with E-state index in [0.29, 0.717) is 18.7 Å². The molecule has 2 amide bonds. The molecular weight excluding hydrogens is 349 g/mol. The van der Waals surface area contributed by atoms with Crippen LogP contribution in [0.2, 0.25) is 0 Å². The molecule has 1 saturated heterocycles. The van der Waals surface area contributed by atoms with Crippen LogP contribution < -0.4 is 5.32 Å². The SMILES string of the molecule is COCCCCNC(=O)[C@@H]1CC(=O)N(Cc2cccc(C(F)(F)F)c2)C1. The Bertz CT molecular complexity index is 634. The highest BCUT2D eigenvalue weighted by molar-refractivity contribution is 5.89. The van der Waals surface area contributed by atoms with E-state index in [9.17, 15) is 22.8 Å². The molecule has 1 N–H and O–H groups in total. The van der Waals surface area contributed by atoms with Crippen LogP contribution >= 0.6 is 0 Å². The average Bonchev–Trinajstić information content (AvgIpc) is 2.95. The van der Waals surface area contributed by atoms with Crippen LogP contribution in [-0.4, -0.2) is 43.5 Å². The number of amides is 2. The number of hydrogen-bond donors (Lipinski definition) is 1. The summed E-state index contributed by atoms with van der Waals surface area (Å²) in [5, 5.41) is 2.80. The molecule has 1 fully saturated rings. The van der Waals surface area contributed by atoms with Gasteiger partial charge in [0.25, 0.3) is 0 Å². The van der Waals surface area contributed by atoms with Gasteiger partial charge in [-0.15, -0.1) is 0 Å². The molecule has 0 aliphatic carbocycles. The molecule has 144 valence electrons. The molecule has 1 aliphatic rings. The summed E-state index contributed by atoms with van der Waals surface area (Å²) in [5.41, 5.74) is -0.346. The summed E-state index contributed by atoms with van der Waals surface area (Å²) in [6, 6.07) is 4.90. The molecule has 5 nitrogen and oxygen atoms in total. The number of carbonyl (C=O) groups is 2. The van der Waals surface area contributed by atoms with Gasteiger partial charge in [0, 0.05) is 39.8 Å². The Labute approximate surface area is 150 Å². The van der Waals surface area contributed by atoms with Gasteiger partial charge in [-0.2, -0.15) is 13.2 Å². The van der Waals surface area contributed by atoms with Gasteiger partial charge in [0.1, 0.15) is 0 Å². The zero-order valence-electron chi connectivity index (χ0n) is 14.6. The van der Waals surface area contributed by atoms with Gasteiger partial charge in [0.2, 0.25) is 11.8 Å². The smallest absolute Gasteiger partial charge is 0.385 e. The minimum absolute atomic E-state index is 0.0698. The van der Waals surface area contributed by atoms with Crippen LogP contribution in [0.5, 0.6) is 0 Å². The van der Waals surface area contributed by atoms with Gasteiger partial charge in [-0.25, -0.2) is 0 Å². The third-order valence-corrected chi connectivity index (χ3v) is 4.29. The lowest BCUT2D eigenvalue weighted by Crippen LogP contribution is -2.33. The summed E-state index contributed by atoms with van der Waals surface area (Å²) in [6.45, 7) is 1.43. The van der Waals surface area contributed by atoms with E-state index in [1.807, 2.05) is 0 Å². The van der Waals surface area contributed by atoms with Gasteiger partial charge in [0.15, 0.2) is 0 Å². The zero-order chi connectivity index (χ0) is 19.2. The molecule has 0 radical (unpaired) electrons. The number of nitrogens with one attached hydrogen (secondary N) is 1. The summed E-state index contributed by atoms with van der Waals surface area (Å²) in [5.74, 6) is -0.875. The molecule has 1 atom stereocenters. The standard InChI is InChI=1S/C18H23F3N2O3/c1-26-8-3-2-7-22-17(25)14-10-16(24)23(12-14)11-13-5-4-6-15(9-13)18(19,20)21/h4-6,9,14H,2-3,7-8,10-12H2,1H3,(H,22,25)/t14-/m1/s1. The van der Waals surface area contributed by atoms with Gasteiger partial charge in [0.05, 0.1) is 11.5 Å². The third kappa shape index (κ3) is 5.72. The minimum atomic E-state index is -4.42. The van der Waals surface area contributed by atoms with Gasteiger partial charge in [-0.05, 0) is 30.5 Å². The van der Waals surface area contributed by atoms with Crippen molar-refractivity contribution >= 4 is 11.8 Å². The molecule has 0 aromatic heterocycles. The molecule has 1 heterocycles. The minimum Gasteiger partial charge on any atom is -0.385 e. The lowest BCUT2D eigenvalue weighted by molar-refractivity contribution is -0.137. The highest BCUT2D eigenvalue weighted by Crippen LogP contribution is 2.30. The Morgan fingerprint density at radius 1 is 1.35 bits per heavy atom. The topological polar surface area (TPSA) is 58.6 Å². The predicted octanol–water partition coefficient (Wildman–Crippen LogP) is 2.60. The van der Waals surface area contributed by atoms with Crippen molar-refractivity contribution in [2.24, 2.45) is 5.92 Å². The molecule has 26 heavy (non-hydrogen) atoms. The first-order valence-corrected chi connectivity index (χ1v) is 8.52. The zero-order valence-corrected chi connectivity index (χ0v) is 14.6. The Kier molecular flexibility index (Phi) is 7.02. The number of likely N-dealkylation sites (tertiary alicyclic amines) is 1. The van der Waals surface area contributed by atoms with E-state index in [1.165, 1.54) is 11.0 Å². The molecule has 1 aromatic carbocycles. The summed E-state index contributed by atoms with van der Waals surface area (Å²) < 4.78 is 43.3. The first kappa shape index (κ1) is 20.2. The van der Waals surface area contributed by atoms with Crippen LogP contribution in [0.15, 0.2) is 24.3 Å². The van der Waals surface area contributed by atoms with Crippen molar-refractivity contribution in [3.63, 3.8) is 0 Å². The number of hydrogen-bond acceptors (Lipinski definition) is 3. The lowest BCUT2D eigenvalue weighted by Gasteiger charge is -2.17. The van der Waals surface area contributed by atoms with Crippen LogP contribution in [0, 0.1) is 5.92 Å². The number of benzene rings is 1. The Hall–Kier alpha value is -2.09. The number of alkyl halides is 3. The van der Waals surface area contributed by atoms with E-state index in [-0.39, 0.29) is 31.3 Å². The number of carbonyl (C=O) groups excluding carboxylic acids is 2. The second kappa shape index (κ2) is 9.02. The van der Waals surface area contributed by atoms with Crippen molar-refractivity contribution in [2.45, 2.75) is 32.0 Å². The number of unbranched alkanes of at least 4 members (excludes halogenated alkanes) is 1. The number of halogens is 3. The van der Waals surface area contributed by atoms with Crippen molar-refractivity contribution in [1.29, 1.82) is 0 Å². The molecule has 0 unspecified atom stereocenters. The predicted molar refractivity (Wildman–Crippen MR) is 89.1 cm³/mol. The fraction of sp³-hybridized carbons (Fsp3) is 0.556. The fourth-order valence-electron chi connectivity index (χ4n) is 2.89. The Balaban J connectivity index is 1.87. The average molecular weight is 372 g/mol. The van der Waals surface area contributed by atoms with Crippen molar-refractivity contribution in [1.82, 2.24) is 10.2 Å². The molecular formula is C18H23F3N2O3. The quantitative estimate of drug-likeness (QED) is 0.714. The van der Waals surface area contributed by atoms with Gasteiger partial charge >= 0.3 is 6.18 Å². The first-order chi connectivity index (χ1) is 12.3. The number of methoxy groups -OCH3 is 1. The molecule has 0 saturated carbocycles. The van der Waals surface area contributed by atoms with Crippen molar-refractivity contribution < 1.29 is 27.5 Å². The third-order valence-electron chi connectivity index (χ3n) is 4.29. The number of nitrogens with zero attached hydrogens (tertiary/aromatic N) is 1. The molecule has 1 aliphatic heterocycles. The summed E-state index contributed by atoms with van der Waals surface area (Å²) in [7, 11) is 1.61. The van der Waals surface area contributed by atoms with Crippen molar-refractivity contribution in [3.8, 4) is 0 Å². The highest BCUT2D eigenvalue weighted by atomic mass is 19.4. The summed E-state index contributed by atoms with van der Waals surface area (Å²) >= 11 is 0. The maximum atomic E-state index is 12.8. The monoisotopic (exact) mass is 372 g/mol. The Morgan fingerprint density at radius 2 is 2.12 bits per heavy atom. The summed E-state index contributed by atoms with van der Waals surface area (Å²) in [4.78, 5) is 25.7. The molecule has 2 rings (SSSR count). The number of ether oxygens (including phenoxy) is 1. The normalized spacial score (nSPS) is 17.6. The van der Waals surface area contributed by atoms with Crippen molar-refractivity contribution in [3.05, 3.63) is 35.4 Å². The van der Waals surface area contributed by atoms with Gasteiger partial charge < -0.3 is 15.0 Å². The molecule has 1 aromatic rings. The van der Waals surface area contributed by atoms with Crippen LogP contribution in [0.1, 0.15) is 30.4 Å².